The first-order valence-electron chi connectivity index (χ1n) is 30.4. The minimum atomic E-state index is -0.393. The molecule has 17 nitrogen and oxygen atoms in total. The van der Waals surface area contributed by atoms with Crippen molar-refractivity contribution in [1.82, 2.24) is 4.98 Å². The molecule has 7 rings (SSSR count). The van der Waals surface area contributed by atoms with Crippen molar-refractivity contribution in [3.63, 3.8) is 0 Å². The molecule has 0 spiro atoms. The molecule has 2 saturated carbocycles. The number of nitrogens with zero attached hydrogens (tertiary/aromatic N) is 3. The Bertz CT molecular complexity index is 2930. The third kappa shape index (κ3) is 23.5. The lowest BCUT2D eigenvalue weighted by atomic mass is 9.82. The van der Waals surface area contributed by atoms with Crippen LogP contribution < -0.4 is 28.7 Å². The molecule has 1 heterocycles. The van der Waals surface area contributed by atoms with Crippen LogP contribution in [-0.4, -0.2) is 87.1 Å². The van der Waals surface area contributed by atoms with Crippen molar-refractivity contribution in [2.45, 2.75) is 142 Å². The molecule has 1 aromatic heterocycles. The van der Waals surface area contributed by atoms with Crippen LogP contribution in [0, 0.1) is 30.6 Å². The number of aromatic nitrogens is 1. The van der Waals surface area contributed by atoms with Crippen molar-refractivity contribution in [3.05, 3.63) is 127 Å². The molecule has 462 valence electrons. The number of esters is 6. The molecule has 0 unspecified atom stereocenters. The van der Waals surface area contributed by atoms with Crippen LogP contribution in [0.4, 0.5) is 5.13 Å². The van der Waals surface area contributed by atoms with Crippen LogP contribution in [0.15, 0.2) is 121 Å². The van der Waals surface area contributed by atoms with Gasteiger partial charge in [0.2, 0.25) is 5.13 Å². The Kier molecular flexibility index (Phi) is 29.4. The van der Waals surface area contributed by atoms with Gasteiger partial charge in [0.05, 0.1) is 73.6 Å². The maximum atomic E-state index is 13.4. The third-order valence-electron chi connectivity index (χ3n) is 14.9. The molecule has 0 aliphatic heterocycles. The van der Waals surface area contributed by atoms with Crippen molar-refractivity contribution in [1.29, 1.82) is 0 Å². The number of para-hydroxylation sites is 1. The highest BCUT2D eigenvalue weighted by Crippen LogP contribution is 2.34. The smallest absolute Gasteiger partial charge is 0.330 e. The molecule has 0 saturated heterocycles. The van der Waals surface area contributed by atoms with Crippen LogP contribution in [0.25, 0.3) is 10.2 Å². The average molecular weight is 1200 g/mol. The number of ether oxygens (including phenoxy) is 8. The lowest BCUT2D eigenvalue weighted by Gasteiger charge is -2.26. The van der Waals surface area contributed by atoms with Crippen LogP contribution in [0.2, 0.25) is 0 Å². The van der Waals surface area contributed by atoms with E-state index in [9.17, 15) is 28.8 Å². The molecule has 18 heteroatoms. The van der Waals surface area contributed by atoms with Gasteiger partial charge in [-0.05, 0) is 189 Å². The van der Waals surface area contributed by atoms with E-state index in [1.165, 1.54) is 19.6 Å². The number of thiazole rings is 1. The minimum absolute atomic E-state index is 0.111. The molecule has 5 aromatic rings. The molecule has 0 amide bonds. The maximum absolute atomic E-state index is 13.4. The van der Waals surface area contributed by atoms with Gasteiger partial charge in [-0.2, -0.15) is 5.10 Å². The Balaban J connectivity index is 0.000000323. The second-order valence-electron chi connectivity index (χ2n) is 21.5. The normalized spacial score (nSPS) is 16.4. The van der Waals surface area contributed by atoms with Gasteiger partial charge >= 0.3 is 35.8 Å². The Morgan fingerprint density at radius 3 is 1.49 bits per heavy atom. The van der Waals surface area contributed by atoms with Crippen LogP contribution in [-0.2, 0) is 43.0 Å². The van der Waals surface area contributed by atoms with Gasteiger partial charge in [-0.1, -0.05) is 74.4 Å². The molecular formula is C68H85N3O14S. The van der Waals surface area contributed by atoms with E-state index in [0.29, 0.717) is 101 Å². The Morgan fingerprint density at radius 1 is 0.558 bits per heavy atom. The summed E-state index contributed by atoms with van der Waals surface area (Å²) < 4.78 is 44.5. The van der Waals surface area contributed by atoms with Crippen molar-refractivity contribution < 1.29 is 66.7 Å². The summed E-state index contributed by atoms with van der Waals surface area (Å²) in [5.41, 5.74) is 2.71. The Hall–Kier alpha value is -7.86. The second kappa shape index (κ2) is 37.5. The summed E-state index contributed by atoms with van der Waals surface area (Å²) in [6.45, 7) is 13.6. The quantitative estimate of drug-likeness (QED) is 0.00728. The number of benzene rings is 4. The summed E-state index contributed by atoms with van der Waals surface area (Å²) in [6.07, 6.45) is 20.6. The summed E-state index contributed by atoms with van der Waals surface area (Å²) in [5, 5.41) is 7.67. The molecule has 0 atom stereocenters. The van der Waals surface area contributed by atoms with E-state index in [4.69, 9.17) is 48.0 Å². The fourth-order valence-corrected chi connectivity index (χ4v) is 10.9. The highest BCUT2D eigenvalue weighted by molar-refractivity contribution is 7.22. The van der Waals surface area contributed by atoms with Crippen LogP contribution >= 0.6 is 11.3 Å². The largest absolute Gasteiger partial charge is 0.494 e. The number of hydrogen-bond donors (Lipinski definition) is 0. The monoisotopic (exact) mass is 1200 g/mol. The molecule has 4 aromatic carbocycles. The first-order valence-corrected chi connectivity index (χ1v) is 31.2. The predicted molar refractivity (Wildman–Crippen MR) is 333 cm³/mol. The van der Waals surface area contributed by atoms with Gasteiger partial charge in [0.25, 0.3) is 0 Å². The molecule has 0 N–H and O–H groups in total. The number of aryl methyl sites for hydroxylation is 1. The summed E-state index contributed by atoms with van der Waals surface area (Å²) in [6, 6.07) is 27.9. The van der Waals surface area contributed by atoms with Gasteiger partial charge in [-0.3, -0.25) is 19.2 Å². The Labute approximate surface area is 510 Å². The SMILES string of the molecule is C=CC(=O)OCCCCCCOc1ccc(OC(=O)C2CCC(C(=O)OC)CC2)cc1.C=CC(=O)OCCCCCCOc1ccc(OC(=O)C2CCC(C(=O)Oc3ccc(C)cc3/C=N/N(CCCCCC)c3nc4ccccc4s3)CC2)cc1. The molecule has 2 aliphatic carbocycles. The van der Waals surface area contributed by atoms with Crippen molar-refractivity contribution in [3.8, 4) is 28.7 Å². The van der Waals surface area contributed by atoms with E-state index in [-0.39, 0.29) is 53.5 Å². The highest BCUT2D eigenvalue weighted by atomic mass is 32.1. The Morgan fingerprint density at radius 2 is 1.01 bits per heavy atom. The topological polar surface area (TPSA) is 205 Å². The van der Waals surface area contributed by atoms with Crippen LogP contribution in [0.1, 0.15) is 146 Å². The zero-order valence-electron chi connectivity index (χ0n) is 50.3. The first kappa shape index (κ1) is 67.3. The molecule has 0 radical (unpaired) electrons. The van der Waals surface area contributed by atoms with Gasteiger partial charge in [0.15, 0.2) is 0 Å². The van der Waals surface area contributed by atoms with E-state index >= 15 is 0 Å². The first-order chi connectivity index (χ1) is 41.8. The molecule has 2 fully saturated rings. The number of fused-ring (bicyclic) bond motifs is 1. The summed E-state index contributed by atoms with van der Waals surface area (Å²) in [5.74, 6) is 0.141. The van der Waals surface area contributed by atoms with Gasteiger partial charge < -0.3 is 37.9 Å². The molecule has 86 heavy (non-hydrogen) atoms. The second-order valence-corrected chi connectivity index (χ2v) is 22.5. The van der Waals surface area contributed by atoms with E-state index in [0.717, 1.165) is 115 Å². The number of hydrogen-bond acceptors (Lipinski definition) is 18. The van der Waals surface area contributed by atoms with Crippen LogP contribution in [0.5, 0.6) is 28.7 Å². The summed E-state index contributed by atoms with van der Waals surface area (Å²) in [7, 11) is 1.39. The van der Waals surface area contributed by atoms with Gasteiger partial charge in [-0.25, -0.2) is 19.6 Å². The number of anilines is 1. The molecule has 0 bridgehead atoms. The lowest BCUT2D eigenvalue weighted by Crippen LogP contribution is -2.30. The van der Waals surface area contributed by atoms with Crippen LogP contribution in [0.3, 0.4) is 0 Å². The third-order valence-corrected chi connectivity index (χ3v) is 16.0. The number of unbranched alkanes of at least 4 members (excludes halogenated alkanes) is 9. The molecular weight excluding hydrogens is 1110 g/mol. The van der Waals surface area contributed by atoms with E-state index in [2.05, 4.69) is 26.1 Å². The fraction of sp³-hybridized carbons (Fsp3) is 0.471. The zero-order valence-corrected chi connectivity index (χ0v) is 51.1. The van der Waals surface area contributed by atoms with Crippen molar-refractivity contribution in [2.75, 3.05) is 45.1 Å². The van der Waals surface area contributed by atoms with E-state index < -0.39 is 5.97 Å². The van der Waals surface area contributed by atoms with Gasteiger partial charge in [0, 0.05) is 24.3 Å². The summed E-state index contributed by atoms with van der Waals surface area (Å²) in [4.78, 5) is 77.2. The minimum Gasteiger partial charge on any atom is -0.494 e. The molecule has 2 aliphatic rings. The maximum Gasteiger partial charge on any atom is 0.330 e. The summed E-state index contributed by atoms with van der Waals surface area (Å²) >= 11 is 1.62. The van der Waals surface area contributed by atoms with Gasteiger partial charge in [-0.15, -0.1) is 0 Å². The number of methoxy groups -OCH3 is 1. The number of carbonyl (C=O) groups is 6. The number of carbonyl (C=O) groups excluding carboxylic acids is 6. The average Bonchev–Trinajstić information content (AvgIpc) is 3.95. The van der Waals surface area contributed by atoms with E-state index in [1.54, 1.807) is 66.1 Å². The lowest BCUT2D eigenvalue weighted by molar-refractivity contribution is -0.149. The van der Waals surface area contributed by atoms with E-state index in [1.807, 2.05) is 48.3 Å². The van der Waals surface area contributed by atoms with Gasteiger partial charge in [0.1, 0.15) is 28.7 Å². The van der Waals surface area contributed by atoms with Crippen molar-refractivity contribution >= 4 is 68.7 Å². The number of hydrazone groups is 1. The van der Waals surface area contributed by atoms with Crippen molar-refractivity contribution in [2.24, 2.45) is 28.8 Å². The number of rotatable bonds is 33. The zero-order chi connectivity index (χ0) is 61.3. The standard InChI is InChI=1S/C44H53N3O7S.C24H32O7/c1-4-6-7-12-27-47(44-46-38-15-10-11-16-40(38)55-44)45-31-35-30-32(3)17-26-39(35)54-43(50)34-20-18-33(19-21-34)42(49)53-37-24-22-36(23-25-37)51-28-13-8-9-14-29-52-41(48)5-2;1-3-22(25)30-17-7-5-4-6-16-29-20-12-14-21(15-13-20)31-24(27)19-10-8-18(9-11-19)23(26)28-2/h5,10-11,15-17,22-26,30-31,33-34H,2,4,6-9,12-14,18-21,27-29H2,1,3H3;3,12-15,18-19H,1,4-11,16-17H2,2H3/b45-31+;. The predicted octanol–water partition coefficient (Wildman–Crippen LogP) is 14.3. The fourth-order valence-electron chi connectivity index (χ4n) is 9.91. The highest BCUT2D eigenvalue weighted by Gasteiger charge is 2.33.